The number of aromatic amines is 1. The minimum Gasteiger partial charge on any atom is -0.497 e. The Morgan fingerprint density at radius 2 is 2.10 bits per heavy atom. The van der Waals surface area contributed by atoms with Crippen molar-refractivity contribution in [2.45, 2.75) is 12.5 Å². The maximum atomic E-state index is 5.24. The first kappa shape index (κ1) is 11.3. The van der Waals surface area contributed by atoms with E-state index in [2.05, 4.69) is 39.6 Å². The number of benzene rings is 2. The van der Waals surface area contributed by atoms with Crippen LogP contribution in [0.5, 0.6) is 5.75 Å². The number of nitrogens with one attached hydrogen (secondary N) is 2. The number of nitrogens with zero attached hydrogens (tertiary/aromatic N) is 1. The summed E-state index contributed by atoms with van der Waals surface area (Å²) in [5.41, 5.74) is 4.53. The summed E-state index contributed by atoms with van der Waals surface area (Å²) in [7, 11) is 1.67. The van der Waals surface area contributed by atoms with Gasteiger partial charge in [-0.15, -0.1) is 0 Å². The summed E-state index contributed by atoms with van der Waals surface area (Å²) in [5.74, 6) is 1.82. The van der Waals surface area contributed by atoms with Crippen molar-refractivity contribution in [3.63, 3.8) is 0 Å². The molecule has 0 aliphatic carbocycles. The second-order valence-corrected chi connectivity index (χ2v) is 5.06. The molecule has 1 atom stereocenters. The zero-order valence-corrected chi connectivity index (χ0v) is 11.2. The monoisotopic (exact) mass is 265 g/mol. The molecule has 4 nitrogen and oxygen atoms in total. The predicted molar refractivity (Wildman–Crippen MR) is 79.2 cm³/mol. The first-order valence-electron chi connectivity index (χ1n) is 6.71. The van der Waals surface area contributed by atoms with Crippen molar-refractivity contribution in [2.24, 2.45) is 0 Å². The van der Waals surface area contributed by atoms with Crippen LogP contribution in [0.1, 0.15) is 17.4 Å². The molecule has 0 amide bonds. The van der Waals surface area contributed by atoms with Crippen molar-refractivity contribution < 1.29 is 4.74 Å². The van der Waals surface area contributed by atoms with Gasteiger partial charge in [-0.1, -0.05) is 18.2 Å². The summed E-state index contributed by atoms with van der Waals surface area (Å²) in [6, 6.07) is 14.5. The van der Waals surface area contributed by atoms with Crippen LogP contribution in [0, 0.1) is 0 Å². The van der Waals surface area contributed by atoms with E-state index in [1.807, 2.05) is 18.2 Å². The largest absolute Gasteiger partial charge is 0.497 e. The molecular formula is C16H15N3O. The summed E-state index contributed by atoms with van der Waals surface area (Å²) in [5, 5.41) is 3.52. The fraction of sp³-hybridized carbons (Fsp3) is 0.188. The van der Waals surface area contributed by atoms with Gasteiger partial charge in [-0.2, -0.15) is 0 Å². The van der Waals surface area contributed by atoms with E-state index in [4.69, 9.17) is 4.74 Å². The van der Waals surface area contributed by atoms with Gasteiger partial charge >= 0.3 is 0 Å². The van der Waals surface area contributed by atoms with E-state index >= 15 is 0 Å². The van der Waals surface area contributed by atoms with Crippen molar-refractivity contribution in [1.29, 1.82) is 0 Å². The molecule has 1 aromatic heterocycles. The van der Waals surface area contributed by atoms with Crippen molar-refractivity contribution in [1.82, 2.24) is 9.97 Å². The van der Waals surface area contributed by atoms with Gasteiger partial charge in [0.05, 0.1) is 24.2 Å². The third kappa shape index (κ3) is 1.72. The molecule has 2 aromatic carbocycles. The average Bonchev–Trinajstić information content (AvgIpc) is 3.09. The molecule has 1 aliphatic rings. The molecular weight excluding hydrogens is 250 g/mol. The second-order valence-electron chi connectivity index (χ2n) is 5.06. The summed E-state index contributed by atoms with van der Waals surface area (Å²) < 4.78 is 5.24. The fourth-order valence-electron chi connectivity index (χ4n) is 2.76. The van der Waals surface area contributed by atoms with E-state index in [1.165, 1.54) is 11.3 Å². The smallest absolute Gasteiger partial charge is 0.130 e. The lowest BCUT2D eigenvalue weighted by molar-refractivity contribution is 0.415. The zero-order valence-electron chi connectivity index (χ0n) is 11.2. The molecule has 0 spiro atoms. The number of fused-ring (bicyclic) bond motifs is 2. The van der Waals surface area contributed by atoms with Gasteiger partial charge < -0.3 is 15.0 Å². The molecule has 0 fully saturated rings. The quantitative estimate of drug-likeness (QED) is 0.747. The predicted octanol–water partition coefficient (Wildman–Crippen LogP) is 3.28. The average molecular weight is 265 g/mol. The van der Waals surface area contributed by atoms with Crippen molar-refractivity contribution in [2.75, 3.05) is 12.4 Å². The highest BCUT2D eigenvalue weighted by molar-refractivity contribution is 5.77. The van der Waals surface area contributed by atoms with Gasteiger partial charge in [-0.3, -0.25) is 0 Å². The number of hydrogen-bond donors (Lipinski definition) is 2. The van der Waals surface area contributed by atoms with Crippen molar-refractivity contribution in [3.05, 3.63) is 53.9 Å². The Kier molecular flexibility index (Phi) is 2.42. The fourth-order valence-corrected chi connectivity index (χ4v) is 2.76. The van der Waals surface area contributed by atoms with E-state index in [-0.39, 0.29) is 6.04 Å². The third-order valence-electron chi connectivity index (χ3n) is 3.81. The number of hydrogen-bond acceptors (Lipinski definition) is 3. The van der Waals surface area contributed by atoms with Gasteiger partial charge in [0.15, 0.2) is 0 Å². The Morgan fingerprint density at radius 3 is 2.95 bits per heavy atom. The van der Waals surface area contributed by atoms with Crippen LogP contribution in [0.25, 0.3) is 11.0 Å². The highest BCUT2D eigenvalue weighted by atomic mass is 16.5. The first-order chi connectivity index (χ1) is 9.83. The minimum atomic E-state index is 0.214. The molecule has 0 radical (unpaired) electrons. The SMILES string of the molecule is COc1ccc2nc(C3Cc4ccccc4N3)[nH]c2c1. The van der Waals surface area contributed by atoms with E-state index in [0.29, 0.717) is 0 Å². The first-order valence-corrected chi connectivity index (χ1v) is 6.71. The Morgan fingerprint density at radius 1 is 1.20 bits per heavy atom. The zero-order chi connectivity index (χ0) is 13.5. The maximum absolute atomic E-state index is 5.24. The minimum absolute atomic E-state index is 0.214. The number of aromatic nitrogens is 2. The van der Waals surface area contributed by atoms with Gasteiger partial charge in [0.25, 0.3) is 0 Å². The second kappa shape index (κ2) is 4.27. The topological polar surface area (TPSA) is 49.9 Å². The summed E-state index contributed by atoms with van der Waals surface area (Å²) in [6.45, 7) is 0. The normalized spacial score (nSPS) is 16.9. The highest BCUT2D eigenvalue weighted by Crippen LogP contribution is 2.33. The van der Waals surface area contributed by atoms with Crippen LogP contribution < -0.4 is 10.1 Å². The lowest BCUT2D eigenvalue weighted by atomic mass is 10.1. The Hall–Kier alpha value is -2.49. The number of ether oxygens (including phenoxy) is 1. The Labute approximate surface area is 116 Å². The standard InChI is InChI=1S/C16H15N3O/c1-20-11-6-7-13-14(9-11)19-16(18-13)15-8-10-4-2-3-5-12(10)17-15/h2-7,9,15,17H,8H2,1H3,(H,18,19). The van der Waals surface area contributed by atoms with Crippen molar-refractivity contribution in [3.8, 4) is 5.75 Å². The molecule has 20 heavy (non-hydrogen) atoms. The number of imidazole rings is 1. The molecule has 4 rings (SSSR count). The van der Waals surface area contributed by atoms with Crippen LogP contribution in [0.15, 0.2) is 42.5 Å². The molecule has 1 aliphatic heterocycles. The lowest BCUT2D eigenvalue weighted by Gasteiger charge is -2.06. The van der Waals surface area contributed by atoms with Crippen LogP contribution in [0.2, 0.25) is 0 Å². The van der Waals surface area contributed by atoms with Gasteiger partial charge in [-0.05, 0) is 23.8 Å². The lowest BCUT2D eigenvalue weighted by Crippen LogP contribution is -2.07. The number of para-hydroxylation sites is 1. The van der Waals surface area contributed by atoms with Gasteiger partial charge in [0.2, 0.25) is 0 Å². The molecule has 4 heteroatoms. The van der Waals surface area contributed by atoms with Gasteiger partial charge in [0, 0.05) is 18.2 Å². The third-order valence-corrected chi connectivity index (χ3v) is 3.81. The molecule has 0 saturated carbocycles. The summed E-state index contributed by atoms with van der Waals surface area (Å²) in [4.78, 5) is 8.07. The Balaban J connectivity index is 1.70. The molecule has 0 saturated heterocycles. The Bertz CT molecular complexity index is 753. The van der Waals surface area contributed by atoms with Crippen LogP contribution in [0.4, 0.5) is 5.69 Å². The molecule has 100 valence electrons. The highest BCUT2D eigenvalue weighted by Gasteiger charge is 2.24. The number of H-pyrrole nitrogens is 1. The summed E-state index contributed by atoms with van der Waals surface area (Å²) in [6.07, 6.45) is 0.965. The maximum Gasteiger partial charge on any atom is 0.130 e. The molecule has 2 heterocycles. The van der Waals surface area contributed by atoms with E-state index < -0.39 is 0 Å². The molecule has 1 unspecified atom stereocenters. The molecule has 3 aromatic rings. The molecule has 2 N–H and O–H groups in total. The van der Waals surface area contributed by atoms with Gasteiger partial charge in [0.1, 0.15) is 11.6 Å². The number of methoxy groups -OCH3 is 1. The number of anilines is 1. The van der Waals surface area contributed by atoms with Crippen molar-refractivity contribution >= 4 is 16.7 Å². The van der Waals surface area contributed by atoms with E-state index in [1.54, 1.807) is 7.11 Å². The number of rotatable bonds is 2. The van der Waals surface area contributed by atoms with Crippen LogP contribution >= 0.6 is 0 Å². The van der Waals surface area contributed by atoms with Gasteiger partial charge in [-0.25, -0.2) is 4.98 Å². The van der Waals surface area contributed by atoms with E-state index in [9.17, 15) is 0 Å². The van der Waals surface area contributed by atoms with Crippen LogP contribution in [-0.2, 0) is 6.42 Å². The molecule has 0 bridgehead atoms. The van der Waals surface area contributed by atoms with E-state index in [0.717, 1.165) is 29.0 Å². The van der Waals surface area contributed by atoms with Crippen LogP contribution in [-0.4, -0.2) is 17.1 Å². The van der Waals surface area contributed by atoms with Crippen LogP contribution in [0.3, 0.4) is 0 Å². The summed E-state index contributed by atoms with van der Waals surface area (Å²) >= 11 is 0.